The lowest BCUT2D eigenvalue weighted by Crippen LogP contribution is -2.48. The molecule has 0 aliphatic rings. The molecule has 0 unspecified atom stereocenters. The number of rotatable bonds is 5. The van der Waals surface area contributed by atoms with Crippen molar-refractivity contribution in [3.05, 3.63) is 29.0 Å². The Bertz CT molecular complexity index is 624. The van der Waals surface area contributed by atoms with Crippen molar-refractivity contribution in [1.29, 1.82) is 0 Å². The Kier molecular flexibility index (Phi) is 5.72. The molecular weight excluding hydrogens is 319 g/mol. The summed E-state index contributed by atoms with van der Waals surface area (Å²) in [4.78, 5) is 13.5. The third-order valence-corrected chi connectivity index (χ3v) is 4.53. The van der Waals surface area contributed by atoms with Crippen molar-refractivity contribution >= 4 is 27.5 Å². The largest absolute Gasteiger partial charge is 0.298 e. The maximum absolute atomic E-state index is 13.1. The van der Waals surface area contributed by atoms with Crippen molar-refractivity contribution in [2.24, 2.45) is 5.92 Å². The molecule has 0 aliphatic carbocycles. The fourth-order valence-electron chi connectivity index (χ4n) is 2.03. The van der Waals surface area contributed by atoms with Gasteiger partial charge >= 0.3 is 0 Å². The molecule has 8 heteroatoms. The van der Waals surface area contributed by atoms with Gasteiger partial charge in [-0.15, -0.1) is 0 Å². The number of hydrogen-bond donors (Lipinski definition) is 1. The van der Waals surface area contributed by atoms with Gasteiger partial charge in [0.25, 0.3) is 15.9 Å². The number of benzene rings is 1. The van der Waals surface area contributed by atoms with Gasteiger partial charge in [-0.1, -0.05) is 25.4 Å². The van der Waals surface area contributed by atoms with Gasteiger partial charge in [-0.05, 0) is 38.2 Å². The second kappa shape index (κ2) is 6.72. The maximum Gasteiger partial charge on any atom is 0.264 e. The summed E-state index contributed by atoms with van der Waals surface area (Å²) in [5.74, 6) is -1.45. The van der Waals surface area contributed by atoms with E-state index in [1.54, 1.807) is 19.0 Å². The quantitative estimate of drug-likeness (QED) is 0.891. The summed E-state index contributed by atoms with van der Waals surface area (Å²) in [6, 6.07) is 2.35. The number of nitrogens with one attached hydrogen (secondary N) is 1. The Morgan fingerprint density at radius 3 is 2.33 bits per heavy atom. The molecular formula is C13H18ClFN2O3S. The molecule has 0 aliphatic heterocycles. The maximum atomic E-state index is 13.1. The van der Waals surface area contributed by atoms with E-state index < -0.39 is 27.8 Å². The van der Waals surface area contributed by atoms with Crippen molar-refractivity contribution in [2.75, 3.05) is 14.1 Å². The van der Waals surface area contributed by atoms with E-state index in [-0.39, 0.29) is 15.8 Å². The molecule has 5 nitrogen and oxygen atoms in total. The summed E-state index contributed by atoms with van der Waals surface area (Å²) in [5.41, 5.74) is 0. The van der Waals surface area contributed by atoms with E-state index in [0.717, 1.165) is 18.2 Å². The standard InChI is InChI=1S/C13H18ClFN2O3S/c1-8(2)12(17(3)4)13(18)16-21(19,20)9-5-6-11(15)10(14)7-9/h5-8,12H,1-4H3,(H,16,18)/t12-/m1/s1. The Morgan fingerprint density at radius 1 is 1.33 bits per heavy atom. The Hall–Kier alpha value is -1.18. The molecule has 0 spiro atoms. The molecule has 0 heterocycles. The van der Waals surface area contributed by atoms with Gasteiger partial charge in [-0.25, -0.2) is 17.5 Å². The summed E-state index contributed by atoms with van der Waals surface area (Å²) >= 11 is 5.56. The van der Waals surface area contributed by atoms with Gasteiger partial charge in [0, 0.05) is 0 Å². The number of sulfonamides is 1. The fraction of sp³-hybridized carbons (Fsp3) is 0.462. The molecule has 0 aromatic heterocycles. The average Bonchev–Trinajstić information content (AvgIpc) is 2.30. The molecule has 0 saturated heterocycles. The highest BCUT2D eigenvalue weighted by molar-refractivity contribution is 7.90. The van der Waals surface area contributed by atoms with Crippen LogP contribution in [0.3, 0.4) is 0 Å². The minimum Gasteiger partial charge on any atom is -0.298 e. The minimum absolute atomic E-state index is 0.0768. The zero-order chi connectivity index (χ0) is 16.4. The summed E-state index contributed by atoms with van der Waals surface area (Å²) in [6.07, 6.45) is 0. The monoisotopic (exact) mass is 336 g/mol. The lowest BCUT2D eigenvalue weighted by atomic mass is 10.0. The highest BCUT2D eigenvalue weighted by Gasteiger charge is 2.28. The first-order chi connectivity index (χ1) is 9.56. The van der Waals surface area contributed by atoms with Gasteiger partial charge in [0.05, 0.1) is 16.0 Å². The summed E-state index contributed by atoms with van der Waals surface area (Å²) in [7, 11) is -0.716. The molecule has 1 aromatic rings. The van der Waals surface area contributed by atoms with E-state index in [0.29, 0.717) is 0 Å². The predicted molar refractivity (Wildman–Crippen MR) is 79.1 cm³/mol. The normalized spacial score (nSPS) is 13.5. The van der Waals surface area contributed by atoms with Crippen molar-refractivity contribution in [1.82, 2.24) is 9.62 Å². The number of amides is 1. The summed E-state index contributed by atoms with van der Waals surface area (Å²) < 4.78 is 39.3. The first kappa shape index (κ1) is 17.9. The van der Waals surface area contributed by atoms with Crippen molar-refractivity contribution < 1.29 is 17.6 Å². The van der Waals surface area contributed by atoms with Gasteiger partial charge in [0.1, 0.15) is 5.82 Å². The topological polar surface area (TPSA) is 66.5 Å². The molecule has 0 fully saturated rings. The molecule has 0 bridgehead atoms. The summed E-state index contributed by atoms with van der Waals surface area (Å²) in [6.45, 7) is 3.62. The van der Waals surface area contributed by atoms with Gasteiger partial charge in [0.15, 0.2) is 0 Å². The molecule has 1 aromatic carbocycles. The van der Waals surface area contributed by atoms with Gasteiger partial charge < -0.3 is 0 Å². The highest BCUT2D eigenvalue weighted by atomic mass is 35.5. The van der Waals surface area contributed by atoms with E-state index >= 15 is 0 Å². The fourth-order valence-corrected chi connectivity index (χ4v) is 3.30. The van der Waals surface area contributed by atoms with Crippen molar-refractivity contribution in [3.8, 4) is 0 Å². The second-order valence-corrected chi connectivity index (χ2v) is 7.29. The zero-order valence-corrected chi connectivity index (χ0v) is 13.8. The van der Waals surface area contributed by atoms with Crippen LogP contribution in [0, 0.1) is 11.7 Å². The van der Waals surface area contributed by atoms with Crippen LogP contribution < -0.4 is 4.72 Å². The number of nitrogens with zero attached hydrogens (tertiary/aromatic N) is 1. The van der Waals surface area contributed by atoms with Crippen LogP contribution >= 0.6 is 11.6 Å². The molecule has 1 amide bonds. The van der Waals surface area contributed by atoms with E-state index in [4.69, 9.17) is 11.6 Å². The molecule has 21 heavy (non-hydrogen) atoms. The van der Waals surface area contributed by atoms with Crippen LogP contribution in [0.2, 0.25) is 5.02 Å². The highest BCUT2D eigenvalue weighted by Crippen LogP contribution is 2.19. The van der Waals surface area contributed by atoms with Crippen molar-refractivity contribution in [2.45, 2.75) is 24.8 Å². The van der Waals surface area contributed by atoms with E-state index in [2.05, 4.69) is 0 Å². The van der Waals surface area contributed by atoms with Gasteiger partial charge in [0.2, 0.25) is 0 Å². The van der Waals surface area contributed by atoms with Gasteiger partial charge in [-0.2, -0.15) is 0 Å². The Balaban J connectivity index is 3.04. The molecule has 0 radical (unpaired) electrons. The smallest absolute Gasteiger partial charge is 0.264 e. The number of likely N-dealkylation sites (N-methyl/N-ethyl adjacent to an activating group) is 1. The predicted octanol–water partition coefficient (Wildman–Crippen LogP) is 1.87. The number of halogens is 2. The second-order valence-electron chi connectivity index (χ2n) is 5.20. The molecule has 0 saturated carbocycles. The zero-order valence-electron chi connectivity index (χ0n) is 12.2. The van der Waals surface area contributed by atoms with Crippen LogP contribution in [0.15, 0.2) is 23.1 Å². The molecule has 118 valence electrons. The number of carbonyl (C=O) groups excluding carboxylic acids is 1. The third-order valence-electron chi connectivity index (χ3n) is 2.89. The first-order valence-corrected chi connectivity index (χ1v) is 8.10. The van der Waals surface area contributed by atoms with E-state index in [1.807, 2.05) is 18.6 Å². The number of carbonyl (C=O) groups is 1. The van der Waals surface area contributed by atoms with Crippen LogP contribution in [-0.4, -0.2) is 39.4 Å². The Labute approximate surface area is 129 Å². The van der Waals surface area contributed by atoms with Crippen LogP contribution in [0.5, 0.6) is 0 Å². The number of hydrogen-bond acceptors (Lipinski definition) is 4. The van der Waals surface area contributed by atoms with Crippen LogP contribution in [0.25, 0.3) is 0 Å². The Morgan fingerprint density at radius 2 is 1.90 bits per heavy atom. The average molecular weight is 337 g/mol. The lowest BCUT2D eigenvalue weighted by molar-refractivity contribution is -0.125. The molecule has 1 atom stereocenters. The van der Waals surface area contributed by atoms with Gasteiger partial charge in [-0.3, -0.25) is 9.69 Å². The SMILES string of the molecule is CC(C)[C@H](C(=O)NS(=O)(=O)c1ccc(F)c(Cl)c1)N(C)C. The van der Waals surface area contributed by atoms with Crippen molar-refractivity contribution in [3.63, 3.8) is 0 Å². The van der Waals surface area contributed by atoms with Crippen LogP contribution in [0.1, 0.15) is 13.8 Å². The first-order valence-electron chi connectivity index (χ1n) is 6.24. The third kappa shape index (κ3) is 4.39. The van der Waals surface area contributed by atoms with Crippen LogP contribution in [-0.2, 0) is 14.8 Å². The summed E-state index contributed by atoms with van der Waals surface area (Å²) in [5, 5.41) is -0.321. The van der Waals surface area contributed by atoms with Crippen LogP contribution in [0.4, 0.5) is 4.39 Å². The molecule has 1 N–H and O–H groups in total. The van der Waals surface area contributed by atoms with E-state index in [9.17, 15) is 17.6 Å². The van der Waals surface area contributed by atoms with E-state index in [1.165, 1.54) is 0 Å². The lowest BCUT2D eigenvalue weighted by Gasteiger charge is -2.26. The molecule has 1 rings (SSSR count). The minimum atomic E-state index is -4.09.